The minimum Gasteiger partial charge on any atom is -0.306 e. The zero-order chi connectivity index (χ0) is 15.7. The summed E-state index contributed by atoms with van der Waals surface area (Å²) < 4.78 is 1.87. The molecule has 0 aliphatic carbocycles. The van der Waals surface area contributed by atoms with Gasteiger partial charge in [0.25, 0.3) is 0 Å². The fourth-order valence-corrected chi connectivity index (χ4v) is 4.24. The minimum absolute atomic E-state index is 0.516. The van der Waals surface area contributed by atoms with E-state index in [1.54, 1.807) is 0 Å². The summed E-state index contributed by atoms with van der Waals surface area (Å²) in [7, 11) is 2.25. The summed E-state index contributed by atoms with van der Waals surface area (Å²) in [5.41, 5.74) is 2.65. The first kappa shape index (κ1) is 14.8. The predicted octanol–water partition coefficient (Wildman–Crippen LogP) is 2.18. The second-order valence-corrected chi connectivity index (χ2v) is 7.29. The maximum absolute atomic E-state index is 4.38. The zero-order valence-corrected chi connectivity index (χ0v) is 13.9. The van der Waals surface area contributed by atoms with Crippen LogP contribution in [0.4, 0.5) is 0 Å². The van der Waals surface area contributed by atoms with Crippen LogP contribution in [0.25, 0.3) is 5.69 Å². The highest BCUT2D eigenvalue weighted by Crippen LogP contribution is 2.38. The van der Waals surface area contributed by atoms with Crippen LogP contribution in [0, 0.1) is 5.41 Å². The van der Waals surface area contributed by atoms with Crippen LogP contribution < -0.4 is 0 Å². The van der Waals surface area contributed by atoms with Crippen LogP contribution in [0.3, 0.4) is 0 Å². The van der Waals surface area contributed by atoms with Gasteiger partial charge in [-0.2, -0.15) is 0 Å². The number of aromatic nitrogens is 3. The van der Waals surface area contributed by atoms with Gasteiger partial charge in [-0.25, -0.2) is 4.68 Å². The fraction of sp³-hybridized carbons (Fsp3) is 0.556. The van der Waals surface area contributed by atoms with Crippen LogP contribution >= 0.6 is 0 Å². The van der Waals surface area contributed by atoms with Gasteiger partial charge in [0, 0.05) is 19.6 Å². The summed E-state index contributed by atoms with van der Waals surface area (Å²) in [5.74, 6) is 0. The fourth-order valence-electron chi connectivity index (χ4n) is 4.24. The first-order chi connectivity index (χ1) is 11.2. The molecular formula is C18H25N5. The maximum atomic E-state index is 4.38. The van der Waals surface area contributed by atoms with Crippen molar-refractivity contribution in [2.24, 2.45) is 5.41 Å². The van der Waals surface area contributed by atoms with Crippen molar-refractivity contribution in [2.45, 2.75) is 25.8 Å². The summed E-state index contributed by atoms with van der Waals surface area (Å²) in [4.78, 5) is 5.05. The zero-order valence-electron chi connectivity index (χ0n) is 13.9. The average Bonchev–Trinajstić information content (AvgIpc) is 3.16. The lowest BCUT2D eigenvalue weighted by atomic mass is 9.79. The van der Waals surface area contributed by atoms with E-state index in [0.717, 1.165) is 17.9 Å². The largest absolute Gasteiger partial charge is 0.306 e. The number of nitrogens with zero attached hydrogens (tertiary/aromatic N) is 5. The lowest BCUT2D eigenvalue weighted by Gasteiger charge is -2.40. The van der Waals surface area contributed by atoms with Crippen molar-refractivity contribution in [1.82, 2.24) is 24.8 Å². The Morgan fingerprint density at radius 1 is 1.09 bits per heavy atom. The highest BCUT2D eigenvalue weighted by Gasteiger charge is 2.40. The monoisotopic (exact) mass is 311 g/mol. The Labute approximate surface area is 137 Å². The van der Waals surface area contributed by atoms with Crippen LogP contribution in [-0.2, 0) is 6.54 Å². The Balaban J connectivity index is 1.43. The highest BCUT2D eigenvalue weighted by molar-refractivity contribution is 5.29. The lowest BCUT2D eigenvalue weighted by molar-refractivity contribution is 0.0890. The van der Waals surface area contributed by atoms with E-state index in [-0.39, 0.29) is 0 Å². The molecule has 0 radical (unpaired) electrons. The SMILES string of the molecule is CN1CC[C@@]2(CCCN(Cc3cn(-c4ccccc4)nn3)C2)C1. The Bertz CT molecular complexity index is 648. The molecule has 5 heteroatoms. The summed E-state index contributed by atoms with van der Waals surface area (Å²) in [6.07, 6.45) is 6.10. The van der Waals surface area contributed by atoms with Gasteiger partial charge in [0.1, 0.15) is 0 Å². The van der Waals surface area contributed by atoms with Gasteiger partial charge in [-0.05, 0) is 56.9 Å². The second-order valence-electron chi connectivity index (χ2n) is 7.29. The van der Waals surface area contributed by atoms with Gasteiger partial charge in [0.05, 0.1) is 17.6 Å². The standard InChI is InChI=1S/C18H25N5/c1-21-11-9-18(14-21)8-5-10-22(15-18)12-16-13-23(20-19-16)17-6-3-2-4-7-17/h2-4,6-7,13H,5,8-12,14-15H2,1H3/t18-/m0/s1. The van der Waals surface area contributed by atoms with Crippen LogP contribution in [0.1, 0.15) is 25.0 Å². The third-order valence-electron chi connectivity index (χ3n) is 5.32. The number of piperidine rings is 1. The number of likely N-dealkylation sites (tertiary alicyclic amines) is 2. The molecule has 4 rings (SSSR count). The molecule has 0 unspecified atom stereocenters. The van der Waals surface area contributed by atoms with Crippen LogP contribution in [0.2, 0.25) is 0 Å². The van der Waals surface area contributed by atoms with E-state index in [2.05, 4.69) is 45.5 Å². The Hall–Kier alpha value is -1.72. The first-order valence-corrected chi connectivity index (χ1v) is 8.60. The minimum atomic E-state index is 0.516. The molecule has 122 valence electrons. The summed E-state index contributed by atoms with van der Waals surface area (Å²) in [6.45, 7) is 5.80. The molecule has 2 aliphatic rings. The van der Waals surface area contributed by atoms with Gasteiger partial charge in [-0.1, -0.05) is 23.4 Å². The predicted molar refractivity (Wildman–Crippen MR) is 90.4 cm³/mol. The van der Waals surface area contributed by atoms with Crippen molar-refractivity contribution in [3.8, 4) is 5.69 Å². The van der Waals surface area contributed by atoms with Gasteiger partial charge in [0.2, 0.25) is 0 Å². The molecule has 1 spiro atoms. The van der Waals surface area contributed by atoms with E-state index >= 15 is 0 Å². The average molecular weight is 311 g/mol. The molecule has 2 aromatic rings. The third kappa shape index (κ3) is 3.16. The van der Waals surface area contributed by atoms with E-state index in [0.29, 0.717) is 5.41 Å². The van der Waals surface area contributed by atoms with E-state index in [4.69, 9.17) is 0 Å². The van der Waals surface area contributed by atoms with Crippen LogP contribution in [-0.4, -0.2) is 58.0 Å². The molecule has 2 aliphatic heterocycles. The van der Waals surface area contributed by atoms with Crippen LogP contribution in [0.5, 0.6) is 0 Å². The molecule has 0 amide bonds. The molecule has 0 saturated carbocycles. The number of hydrogen-bond donors (Lipinski definition) is 0. The van der Waals surface area contributed by atoms with E-state index in [1.807, 2.05) is 22.9 Å². The van der Waals surface area contributed by atoms with Gasteiger partial charge >= 0.3 is 0 Å². The molecule has 0 bridgehead atoms. The van der Waals surface area contributed by atoms with E-state index in [9.17, 15) is 0 Å². The van der Waals surface area contributed by atoms with Gasteiger partial charge in [-0.15, -0.1) is 5.10 Å². The summed E-state index contributed by atoms with van der Waals surface area (Å²) in [5, 5.41) is 8.66. The van der Waals surface area contributed by atoms with Gasteiger partial charge in [0.15, 0.2) is 0 Å². The molecule has 23 heavy (non-hydrogen) atoms. The topological polar surface area (TPSA) is 37.2 Å². The van der Waals surface area contributed by atoms with Crippen molar-refractivity contribution < 1.29 is 0 Å². The molecular weight excluding hydrogens is 286 g/mol. The first-order valence-electron chi connectivity index (χ1n) is 8.60. The molecule has 1 aromatic heterocycles. The Morgan fingerprint density at radius 3 is 2.74 bits per heavy atom. The van der Waals surface area contributed by atoms with Gasteiger partial charge in [-0.3, -0.25) is 4.90 Å². The van der Waals surface area contributed by atoms with E-state index in [1.165, 1.54) is 45.4 Å². The molecule has 1 atom stereocenters. The van der Waals surface area contributed by atoms with Crippen molar-refractivity contribution in [1.29, 1.82) is 0 Å². The van der Waals surface area contributed by atoms with E-state index < -0.39 is 0 Å². The van der Waals surface area contributed by atoms with Crippen LogP contribution in [0.15, 0.2) is 36.5 Å². The normalized spacial score (nSPS) is 26.1. The Kier molecular flexibility index (Phi) is 3.91. The number of rotatable bonds is 3. The molecule has 2 fully saturated rings. The Morgan fingerprint density at radius 2 is 1.96 bits per heavy atom. The van der Waals surface area contributed by atoms with Crippen molar-refractivity contribution >= 4 is 0 Å². The van der Waals surface area contributed by atoms with Crippen molar-refractivity contribution in [3.63, 3.8) is 0 Å². The molecule has 0 N–H and O–H groups in total. The maximum Gasteiger partial charge on any atom is 0.0971 e. The third-order valence-corrected chi connectivity index (χ3v) is 5.32. The second kappa shape index (κ2) is 6.06. The summed E-state index contributed by atoms with van der Waals surface area (Å²) >= 11 is 0. The molecule has 1 aromatic carbocycles. The number of hydrogen-bond acceptors (Lipinski definition) is 4. The smallest absolute Gasteiger partial charge is 0.0971 e. The molecule has 5 nitrogen and oxygen atoms in total. The van der Waals surface area contributed by atoms with Gasteiger partial charge < -0.3 is 4.90 Å². The molecule has 3 heterocycles. The quantitative estimate of drug-likeness (QED) is 0.871. The van der Waals surface area contributed by atoms with Crippen molar-refractivity contribution in [2.75, 3.05) is 33.2 Å². The number of benzene rings is 1. The number of para-hydroxylation sites is 1. The highest BCUT2D eigenvalue weighted by atomic mass is 15.4. The summed E-state index contributed by atoms with van der Waals surface area (Å²) in [6, 6.07) is 10.2. The lowest BCUT2D eigenvalue weighted by Crippen LogP contribution is -2.44. The van der Waals surface area contributed by atoms with Crippen molar-refractivity contribution in [3.05, 3.63) is 42.2 Å². The molecule has 2 saturated heterocycles.